The predicted octanol–water partition coefficient (Wildman–Crippen LogP) is 3.14. The molecule has 0 amide bonds. The Hall–Kier alpha value is -0.380. The Labute approximate surface area is 106 Å². The molecule has 0 spiro atoms. The number of halogens is 1. The zero-order valence-electron chi connectivity index (χ0n) is 9.58. The molecule has 2 nitrogen and oxygen atoms in total. The van der Waals surface area contributed by atoms with Crippen LogP contribution in [0.2, 0.25) is 0 Å². The predicted molar refractivity (Wildman–Crippen MR) is 69.5 cm³/mol. The van der Waals surface area contributed by atoms with Gasteiger partial charge < -0.3 is 10.1 Å². The van der Waals surface area contributed by atoms with Crippen LogP contribution in [0.3, 0.4) is 0 Å². The Morgan fingerprint density at radius 1 is 1.56 bits per heavy atom. The highest BCUT2D eigenvalue weighted by Gasteiger charge is 2.16. The van der Waals surface area contributed by atoms with E-state index in [4.69, 9.17) is 4.74 Å². The molecule has 2 atom stereocenters. The standard InChI is InChI=1S/C13H18BrNO/c1-10(12-3-2-4-13(14)7-12)15-8-11-5-6-16-9-11/h2-4,7,10-11,15H,5-6,8-9H2,1H3. The van der Waals surface area contributed by atoms with Gasteiger partial charge in [-0.15, -0.1) is 0 Å². The molecule has 2 rings (SSSR count). The average molecular weight is 284 g/mol. The number of hydrogen-bond acceptors (Lipinski definition) is 2. The van der Waals surface area contributed by atoms with Crippen LogP contribution < -0.4 is 5.32 Å². The monoisotopic (exact) mass is 283 g/mol. The van der Waals surface area contributed by atoms with E-state index in [-0.39, 0.29) is 0 Å². The van der Waals surface area contributed by atoms with Crippen LogP contribution >= 0.6 is 15.9 Å². The van der Waals surface area contributed by atoms with Crippen molar-refractivity contribution in [3.8, 4) is 0 Å². The molecule has 3 heteroatoms. The van der Waals surface area contributed by atoms with Gasteiger partial charge in [0, 0.05) is 23.7 Å². The average Bonchev–Trinajstić information content (AvgIpc) is 2.78. The van der Waals surface area contributed by atoms with E-state index >= 15 is 0 Å². The van der Waals surface area contributed by atoms with Crippen molar-refractivity contribution in [2.45, 2.75) is 19.4 Å². The Balaban J connectivity index is 1.85. The van der Waals surface area contributed by atoms with Crippen molar-refractivity contribution in [2.75, 3.05) is 19.8 Å². The first-order valence-electron chi connectivity index (χ1n) is 5.82. The van der Waals surface area contributed by atoms with Gasteiger partial charge in [0.25, 0.3) is 0 Å². The summed E-state index contributed by atoms with van der Waals surface area (Å²) in [4.78, 5) is 0. The van der Waals surface area contributed by atoms with Crippen LogP contribution in [0.25, 0.3) is 0 Å². The summed E-state index contributed by atoms with van der Waals surface area (Å²) < 4.78 is 6.51. The number of nitrogens with one attached hydrogen (secondary N) is 1. The Morgan fingerprint density at radius 2 is 2.44 bits per heavy atom. The first kappa shape index (κ1) is 12.1. The summed E-state index contributed by atoms with van der Waals surface area (Å²) in [6.45, 7) is 5.10. The van der Waals surface area contributed by atoms with Gasteiger partial charge >= 0.3 is 0 Å². The van der Waals surface area contributed by atoms with Crippen LogP contribution in [-0.4, -0.2) is 19.8 Å². The maximum atomic E-state index is 5.37. The highest BCUT2D eigenvalue weighted by molar-refractivity contribution is 9.10. The summed E-state index contributed by atoms with van der Waals surface area (Å²) in [5, 5.41) is 3.57. The third kappa shape index (κ3) is 3.30. The Bertz CT molecular complexity index is 336. The molecule has 0 radical (unpaired) electrons. The molecule has 1 saturated heterocycles. The van der Waals surface area contributed by atoms with Crippen LogP contribution in [0, 0.1) is 5.92 Å². The molecule has 1 fully saturated rings. The van der Waals surface area contributed by atoms with Gasteiger partial charge in [-0.3, -0.25) is 0 Å². The highest BCUT2D eigenvalue weighted by atomic mass is 79.9. The zero-order valence-corrected chi connectivity index (χ0v) is 11.2. The molecule has 1 aliphatic heterocycles. The van der Waals surface area contributed by atoms with E-state index in [0.29, 0.717) is 12.0 Å². The fraction of sp³-hybridized carbons (Fsp3) is 0.538. The summed E-state index contributed by atoms with van der Waals surface area (Å²) in [7, 11) is 0. The maximum absolute atomic E-state index is 5.37. The summed E-state index contributed by atoms with van der Waals surface area (Å²) in [6, 6.07) is 8.87. The topological polar surface area (TPSA) is 21.3 Å². The van der Waals surface area contributed by atoms with Gasteiger partial charge in [-0.1, -0.05) is 28.1 Å². The smallest absolute Gasteiger partial charge is 0.0507 e. The molecular formula is C13H18BrNO. The van der Waals surface area contributed by atoms with Gasteiger partial charge in [0.05, 0.1) is 6.61 Å². The Kier molecular flexibility index (Phi) is 4.38. The van der Waals surface area contributed by atoms with Crippen LogP contribution in [-0.2, 0) is 4.74 Å². The minimum atomic E-state index is 0.401. The molecule has 1 heterocycles. The van der Waals surface area contributed by atoms with E-state index in [2.05, 4.69) is 52.4 Å². The van der Waals surface area contributed by atoms with Crippen LogP contribution in [0.5, 0.6) is 0 Å². The van der Waals surface area contributed by atoms with Gasteiger partial charge in [-0.25, -0.2) is 0 Å². The molecule has 16 heavy (non-hydrogen) atoms. The number of ether oxygens (including phenoxy) is 1. The first-order valence-corrected chi connectivity index (χ1v) is 6.61. The number of rotatable bonds is 4. The third-order valence-corrected chi connectivity index (χ3v) is 3.58. The van der Waals surface area contributed by atoms with Gasteiger partial charge in [-0.2, -0.15) is 0 Å². The summed E-state index contributed by atoms with van der Waals surface area (Å²) in [5.41, 5.74) is 1.33. The van der Waals surface area contributed by atoms with Crippen molar-refractivity contribution in [3.05, 3.63) is 34.3 Å². The lowest BCUT2D eigenvalue weighted by atomic mass is 10.1. The van der Waals surface area contributed by atoms with Crippen molar-refractivity contribution < 1.29 is 4.74 Å². The van der Waals surface area contributed by atoms with E-state index in [0.717, 1.165) is 24.2 Å². The largest absolute Gasteiger partial charge is 0.381 e. The molecule has 1 aromatic carbocycles. The van der Waals surface area contributed by atoms with Crippen LogP contribution in [0.15, 0.2) is 28.7 Å². The van der Waals surface area contributed by atoms with Crippen LogP contribution in [0.1, 0.15) is 24.9 Å². The van der Waals surface area contributed by atoms with Crippen molar-refractivity contribution in [2.24, 2.45) is 5.92 Å². The van der Waals surface area contributed by atoms with Gasteiger partial charge in [0.15, 0.2) is 0 Å². The van der Waals surface area contributed by atoms with Gasteiger partial charge in [-0.05, 0) is 37.0 Å². The van der Waals surface area contributed by atoms with E-state index in [1.807, 2.05) is 0 Å². The normalized spacial score (nSPS) is 22.2. The molecule has 0 aromatic heterocycles. The molecule has 0 bridgehead atoms. The van der Waals surface area contributed by atoms with E-state index < -0.39 is 0 Å². The lowest BCUT2D eigenvalue weighted by Crippen LogP contribution is -2.25. The lowest BCUT2D eigenvalue weighted by molar-refractivity contribution is 0.184. The summed E-state index contributed by atoms with van der Waals surface area (Å²) in [6.07, 6.45) is 1.19. The maximum Gasteiger partial charge on any atom is 0.0507 e. The second-order valence-electron chi connectivity index (χ2n) is 4.41. The SMILES string of the molecule is CC(NCC1CCOC1)c1cccc(Br)c1. The molecular weight excluding hydrogens is 266 g/mol. The lowest BCUT2D eigenvalue weighted by Gasteiger charge is -2.17. The quantitative estimate of drug-likeness (QED) is 0.917. The number of hydrogen-bond donors (Lipinski definition) is 1. The fourth-order valence-corrected chi connectivity index (χ4v) is 2.40. The first-order chi connectivity index (χ1) is 7.75. The zero-order chi connectivity index (χ0) is 11.4. The van der Waals surface area contributed by atoms with Gasteiger partial charge in [0.1, 0.15) is 0 Å². The second kappa shape index (κ2) is 5.80. The van der Waals surface area contributed by atoms with Gasteiger partial charge in [0.2, 0.25) is 0 Å². The molecule has 1 N–H and O–H groups in total. The van der Waals surface area contributed by atoms with E-state index in [9.17, 15) is 0 Å². The summed E-state index contributed by atoms with van der Waals surface area (Å²) >= 11 is 3.50. The van der Waals surface area contributed by atoms with Crippen molar-refractivity contribution in [3.63, 3.8) is 0 Å². The minimum absolute atomic E-state index is 0.401. The highest BCUT2D eigenvalue weighted by Crippen LogP contribution is 2.19. The van der Waals surface area contributed by atoms with Crippen molar-refractivity contribution in [1.82, 2.24) is 5.32 Å². The van der Waals surface area contributed by atoms with Crippen LogP contribution in [0.4, 0.5) is 0 Å². The van der Waals surface area contributed by atoms with E-state index in [1.54, 1.807) is 0 Å². The molecule has 1 aliphatic rings. The molecule has 0 saturated carbocycles. The third-order valence-electron chi connectivity index (χ3n) is 3.09. The summed E-state index contributed by atoms with van der Waals surface area (Å²) in [5.74, 6) is 0.689. The van der Waals surface area contributed by atoms with Crippen molar-refractivity contribution in [1.29, 1.82) is 0 Å². The van der Waals surface area contributed by atoms with Crippen molar-refractivity contribution >= 4 is 15.9 Å². The second-order valence-corrected chi connectivity index (χ2v) is 5.33. The molecule has 2 unspecified atom stereocenters. The fourth-order valence-electron chi connectivity index (χ4n) is 1.98. The molecule has 1 aromatic rings. The minimum Gasteiger partial charge on any atom is -0.381 e. The molecule has 0 aliphatic carbocycles. The number of benzene rings is 1. The van der Waals surface area contributed by atoms with E-state index in [1.165, 1.54) is 12.0 Å². The molecule has 88 valence electrons. The Morgan fingerprint density at radius 3 is 3.12 bits per heavy atom.